The Balaban J connectivity index is 1.34. The summed E-state index contributed by atoms with van der Waals surface area (Å²) in [7, 11) is 0. The molecule has 2 heterocycles. The summed E-state index contributed by atoms with van der Waals surface area (Å²) in [6, 6.07) is 24.0. The molecule has 33 heavy (non-hydrogen) atoms. The Bertz CT molecular complexity index is 1330. The Labute approximate surface area is 192 Å². The number of fused-ring (bicyclic) bond motifs is 1. The van der Waals surface area contributed by atoms with Gasteiger partial charge >= 0.3 is 0 Å². The number of ketones is 1. The molecule has 1 amide bonds. The summed E-state index contributed by atoms with van der Waals surface area (Å²) in [5, 5.41) is 0. The van der Waals surface area contributed by atoms with Gasteiger partial charge in [-0.15, -0.1) is 0 Å². The first kappa shape index (κ1) is 20.8. The highest BCUT2D eigenvalue weighted by Gasteiger charge is 2.27. The van der Waals surface area contributed by atoms with Gasteiger partial charge in [-0.3, -0.25) is 9.59 Å². The minimum atomic E-state index is -0.139. The quantitative estimate of drug-likeness (QED) is 0.450. The van der Waals surface area contributed by atoms with Gasteiger partial charge in [0.2, 0.25) is 0 Å². The number of nitrogens with zero attached hydrogens (tertiary/aromatic N) is 4. The zero-order valence-corrected chi connectivity index (χ0v) is 18.4. The van der Waals surface area contributed by atoms with Crippen LogP contribution in [0.2, 0.25) is 0 Å². The molecule has 5 rings (SSSR count). The molecule has 0 aliphatic carbocycles. The summed E-state index contributed by atoms with van der Waals surface area (Å²) >= 11 is 0. The summed E-state index contributed by atoms with van der Waals surface area (Å²) in [6.07, 6.45) is 0. The lowest BCUT2D eigenvalue weighted by Gasteiger charge is -2.36. The van der Waals surface area contributed by atoms with Gasteiger partial charge in [-0.05, 0) is 25.1 Å². The molecule has 0 radical (unpaired) electrons. The van der Waals surface area contributed by atoms with Gasteiger partial charge < -0.3 is 9.80 Å². The molecule has 1 aromatic heterocycles. The molecule has 1 aliphatic heterocycles. The number of amides is 1. The number of carbonyl (C=O) groups is 2. The maximum Gasteiger partial charge on any atom is 0.254 e. The first-order valence-corrected chi connectivity index (χ1v) is 11.1. The fraction of sp³-hybridized carbons (Fsp3) is 0.185. The average Bonchev–Trinajstić information content (AvgIpc) is 2.88. The maximum atomic E-state index is 13.4. The number of aryl methyl sites for hydroxylation is 1. The minimum Gasteiger partial charge on any atom is -0.352 e. The number of anilines is 1. The van der Waals surface area contributed by atoms with Crippen molar-refractivity contribution >= 4 is 28.5 Å². The Kier molecular flexibility index (Phi) is 5.57. The highest BCUT2D eigenvalue weighted by Crippen LogP contribution is 2.23. The Morgan fingerprint density at radius 2 is 1.27 bits per heavy atom. The smallest absolute Gasteiger partial charge is 0.254 e. The molecule has 0 spiro atoms. The van der Waals surface area contributed by atoms with E-state index in [0.717, 1.165) is 22.5 Å². The molecule has 1 aliphatic rings. The van der Waals surface area contributed by atoms with Gasteiger partial charge in [0, 0.05) is 37.3 Å². The van der Waals surface area contributed by atoms with E-state index < -0.39 is 0 Å². The van der Waals surface area contributed by atoms with Crippen LogP contribution in [0.3, 0.4) is 0 Å². The van der Waals surface area contributed by atoms with E-state index in [1.165, 1.54) is 0 Å². The second kappa shape index (κ2) is 8.82. The van der Waals surface area contributed by atoms with Crippen molar-refractivity contribution in [1.29, 1.82) is 0 Å². The van der Waals surface area contributed by atoms with Crippen LogP contribution in [0.5, 0.6) is 0 Å². The Morgan fingerprint density at radius 3 is 1.97 bits per heavy atom. The van der Waals surface area contributed by atoms with Gasteiger partial charge in [-0.2, -0.15) is 0 Å². The second-order valence-corrected chi connectivity index (χ2v) is 8.14. The molecular weight excluding hydrogens is 412 g/mol. The molecule has 4 aromatic rings. The molecule has 6 nitrogen and oxygen atoms in total. The number of carbonyl (C=O) groups excluding carboxylic acids is 2. The molecule has 0 unspecified atom stereocenters. The lowest BCUT2D eigenvalue weighted by molar-refractivity contribution is 0.0742. The van der Waals surface area contributed by atoms with Gasteiger partial charge in [0.15, 0.2) is 11.6 Å². The zero-order chi connectivity index (χ0) is 22.8. The fourth-order valence-electron chi connectivity index (χ4n) is 4.28. The van der Waals surface area contributed by atoms with E-state index in [-0.39, 0.29) is 11.7 Å². The predicted molar refractivity (Wildman–Crippen MR) is 129 cm³/mol. The largest absolute Gasteiger partial charge is 0.352 e. The first-order valence-electron chi connectivity index (χ1n) is 11.1. The third-order valence-corrected chi connectivity index (χ3v) is 6.02. The Morgan fingerprint density at radius 1 is 0.697 bits per heavy atom. The topological polar surface area (TPSA) is 66.4 Å². The van der Waals surface area contributed by atoms with Crippen molar-refractivity contribution in [3.05, 3.63) is 101 Å². The van der Waals surface area contributed by atoms with Gasteiger partial charge in [-0.1, -0.05) is 60.7 Å². The monoisotopic (exact) mass is 436 g/mol. The van der Waals surface area contributed by atoms with Gasteiger partial charge in [-0.25, -0.2) is 9.97 Å². The van der Waals surface area contributed by atoms with Crippen LogP contribution in [-0.2, 0) is 0 Å². The molecule has 0 atom stereocenters. The zero-order valence-electron chi connectivity index (χ0n) is 18.4. The van der Waals surface area contributed by atoms with Gasteiger partial charge in [0.05, 0.1) is 22.3 Å². The molecule has 6 heteroatoms. The molecule has 3 aromatic carbocycles. The molecule has 1 saturated heterocycles. The number of piperazine rings is 1. The normalized spacial score (nSPS) is 13.8. The van der Waals surface area contributed by atoms with E-state index in [0.29, 0.717) is 42.9 Å². The number of hydrogen-bond donors (Lipinski definition) is 0. The number of benzene rings is 3. The van der Waals surface area contributed by atoms with E-state index in [2.05, 4.69) is 4.90 Å². The van der Waals surface area contributed by atoms with Crippen LogP contribution in [0.4, 0.5) is 5.82 Å². The van der Waals surface area contributed by atoms with Gasteiger partial charge in [0.1, 0.15) is 0 Å². The third kappa shape index (κ3) is 4.07. The number of para-hydroxylation sites is 2. The van der Waals surface area contributed by atoms with Crippen LogP contribution in [0, 0.1) is 6.92 Å². The number of hydrogen-bond acceptors (Lipinski definition) is 5. The molecule has 0 bridgehead atoms. The van der Waals surface area contributed by atoms with Crippen LogP contribution in [-0.4, -0.2) is 52.7 Å². The standard InChI is InChI=1S/C27H24N4O2/c1-19-26(29-24-14-8-7-13-23(24)28-19)30-15-17-31(18-16-30)27(33)22-12-6-5-11-21(22)25(32)20-9-3-2-4-10-20/h2-14H,15-18H2,1H3. The van der Waals surface area contributed by atoms with Crippen LogP contribution in [0.1, 0.15) is 32.0 Å². The van der Waals surface area contributed by atoms with Crippen molar-refractivity contribution in [2.45, 2.75) is 6.92 Å². The highest BCUT2D eigenvalue weighted by atomic mass is 16.2. The van der Waals surface area contributed by atoms with Crippen molar-refractivity contribution in [2.24, 2.45) is 0 Å². The SMILES string of the molecule is Cc1nc2ccccc2nc1N1CCN(C(=O)c2ccccc2C(=O)c2ccccc2)CC1. The van der Waals surface area contributed by atoms with Crippen LogP contribution >= 0.6 is 0 Å². The van der Waals surface area contributed by atoms with E-state index in [1.807, 2.05) is 54.3 Å². The summed E-state index contributed by atoms with van der Waals surface area (Å²) in [5.74, 6) is 0.608. The minimum absolute atomic E-state index is 0.115. The average molecular weight is 437 g/mol. The fourth-order valence-corrected chi connectivity index (χ4v) is 4.28. The highest BCUT2D eigenvalue weighted by molar-refractivity contribution is 6.15. The summed E-state index contributed by atoms with van der Waals surface area (Å²) in [6.45, 7) is 4.40. The number of aromatic nitrogens is 2. The lowest BCUT2D eigenvalue weighted by atomic mass is 9.97. The predicted octanol–water partition coefficient (Wildman–Crippen LogP) is 4.13. The second-order valence-electron chi connectivity index (χ2n) is 8.14. The lowest BCUT2D eigenvalue weighted by Crippen LogP contribution is -2.49. The van der Waals surface area contributed by atoms with Gasteiger partial charge in [0.25, 0.3) is 5.91 Å². The third-order valence-electron chi connectivity index (χ3n) is 6.02. The molecule has 164 valence electrons. The number of rotatable bonds is 4. The Hall–Kier alpha value is -4.06. The van der Waals surface area contributed by atoms with Crippen molar-refractivity contribution in [2.75, 3.05) is 31.1 Å². The van der Waals surface area contributed by atoms with E-state index in [4.69, 9.17) is 9.97 Å². The van der Waals surface area contributed by atoms with Crippen molar-refractivity contribution in [1.82, 2.24) is 14.9 Å². The summed E-state index contributed by atoms with van der Waals surface area (Å²) in [4.78, 5) is 39.9. The van der Waals surface area contributed by atoms with Crippen molar-refractivity contribution in [3.63, 3.8) is 0 Å². The van der Waals surface area contributed by atoms with Crippen LogP contribution in [0.25, 0.3) is 11.0 Å². The first-order chi connectivity index (χ1) is 16.1. The molecule has 1 fully saturated rings. The molecular formula is C27H24N4O2. The summed E-state index contributed by atoms with van der Waals surface area (Å²) in [5.41, 5.74) is 4.09. The van der Waals surface area contributed by atoms with E-state index >= 15 is 0 Å². The van der Waals surface area contributed by atoms with E-state index in [1.54, 1.807) is 36.4 Å². The van der Waals surface area contributed by atoms with Crippen molar-refractivity contribution in [3.8, 4) is 0 Å². The van der Waals surface area contributed by atoms with Crippen LogP contribution < -0.4 is 4.90 Å². The van der Waals surface area contributed by atoms with Crippen LogP contribution in [0.15, 0.2) is 78.9 Å². The summed E-state index contributed by atoms with van der Waals surface area (Å²) < 4.78 is 0. The molecule has 0 N–H and O–H groups in total. The maximum absolute atomic E-state index is 13.4. The van der Waals surface area contributed by atoms with Crippen molar-refractivity contribution < 1.29 is 9.59 Å². The molecule has 0 saturated carbocycles. The van der Waals surface area contributed by atoms with E-state index in [9.17, 15) is 9.59 Å².